The zero-order valence-electron chi connectivity index (χ0n) is 18.7. The molecule has 2 heteroatoms. The van der Waals surface area contributed by atoms with Crippen molar-refractivity contribution in [3.63, 3.8) is 0 Å². The molecule has 4 aromatic rings. The van der Waals surface area contributed by atoms with Gasteiger partial charge in [-0.25, -0.2) is 0 Å². The molecular formula is C29H29NO. The van der Waals surface area contributed by atoms with E-state index >= 15 is 0 Å². The number of hydrogen-bond donors (Lipinski definition) is 1. The number of phenolic OH excluding ortho intramolecular Hbond substituents is 1. The smallest absolute Gasteiger partial charge is 0.115 e. The molecule has 0 saturated heterocycles. The van der Waals surface area contributed by atoms with E-state index in [1.54, 1.807) is 12.1 Å². The van der Waals surface area contributed by atoms with E-state index < -0.39 is 0 Å². The third-order valence-corrected chi connectivity index (χ3v) is 6.04. The van der Waals surface area contributed by atoms with Gasteiger partial charge in [-0.1, -0.05) is 36.4 Å². The average molecular weight is 408 g/mol. The lowest BCUT2D eigenvalue weighted by Gasteiger charge is -2.27. The number of phenols is 1. The highest BCUT2D eigenvalue weighted by molar-refractivity contribution is 5.77. The molecule has 0 aliphatic carbocycles. The van der Waals surface area contributed by atoms with Crippen molar-refractivity contribution in [2.75, 3.05) is 4.90 Å². The highest BCUT2D eigenvalue weighted by atomic mass is 16.3. The second-order valence-electron chi connectivity index (χ2n) is 8.38. The number of rotatable bonds is 5. The van der Waals surface area contributed by atoms with Crippen LogP contribution in [0, 0.1) is 27.7 Å². The van der Waals surface area contributed by atoms with Crippen LogP contribution in [0.3, 0.4) is 0 Å². The summed E-state index contributed by atoms with van der Waals surface area (Å²) in [5, 5.41) is 9.50. The summed E-state index contributed by atoms with van der Waals surface area (Å²) in [6.45, 7) is 8.63. The molecule has 0 bridgehead atoms. The first-order chi connectivity index (χ1) is 14.9. The molecule has 4 rings (SSSR count). The first-order valence-electron chi connectivity index (χ1n) is 10.7. The van der Waals surface area contributed by atoms with Crippen LogP contribution in [0.25, 0.3) is 0 Å². The monoisotopic (exact) mass is 407 g/mol. The van der Waals surface area contributed by atoms with E-state index in [9.17, 15) is 5.11 Å². The van der Waals surface area contributed by atoms with Gasteiger partial charge in [0.05, 0.1) is 0 Å². The molecule has 0 aliphatic heterocycles. The molecular weight excluding hydrogens is 378 g/mol. The molecule has 0 fully saturated rings. The largest absolute Gasteiger partial charge is 0.508 e. The number of benzene rings is 4. The normalized spacial score (nSPS) is 10.8. The van der Waals surface area contributed by atoms with Gasteiger partial charge in [-0.15, -0.1) is 0 Å². The summed E-state index contributed by atoms with van der Waals surface area (Å²) in [5.74, 6) is 0.302. The summed E-state index contributed by atoms with van der Waals surface area (Å²) in [4.78, 5) is 2.32. The van der Waals surface area contributed by atoms with Crippen molar-refractivity contribution in [3.05, 3.63) is 118 Å². The van der Waals surface area contributed by atoms with Crippen molar-refractivity contribution >= 4 is 17.1 Å². The number of nitrogens with zero attached hydrogens (tertiary/aromatic N) is 1. The Bertz CT molecular complexity index is 1140. The Morgan fingerprint density at radius 2 is 0.935 bits per heavy atom. The lowest BCUT2D eigenvalue weighted by Crippen LogP contribution is -2.11. The minimum absolute atomic E-state index is 0.302. The van der Waals surface area contributed by atoms with Gasteiger partial charge in [0, 0.05) is 17.1 Å². The summed E-state index contributed by atoms with van der Waals surface area (Å²) >= 11 is 0. The highest BCUT2D eigenvalue weighted by Crippen LogP contribution is 2.36. The van der Waals surface area contributed by atoms with Crippen molar-refractivity contribution in [2.24, 2.45) is 0 Å². The van der Waals surface area contributed by atoms with Crippen molar-refractivity contribution in [1.82, 2.24) is 0 Å². The van der Waals surface area contributed by atoms with Crippen LogP contribution in [0.1, 0.15) is 33.4 Å². The average Bonchev–Trinajstić information content (AvgIpc) is 2.76. The van der Waals surface area contributed by atoms with E-state index in [1.807, 2.05) is 12.1 Å². The topological polar surface area (TPSA) is 23.5 Å². The van der Waals surface area contributed by atoms with E-state index in [0.717, 1.165) is 23.5 Å². The zero-order valence-corrected chi connectivity index (χ0v) is 18.7. The molecule has 31 heavy (non-hydrogen) atoms. The predicted octanol–water partition coefficient (Wildman–Crippen LogP) is 7.69. The van der Waals surface area contributed by atoms with Crippen LogP contribution in [-0.4, -0.2) is 5.11 Å². The quantitative estimate of drug-likeness (QED) is 0.366. The molecule has 156 valence electrons. The number of aromatic hydroxyl groups is 1. The Morgan fingerprint density at radius 3 is 1.39 bits per heavy atom. The molecule has 4 aromatic carbocycles. The van der Waals surface area contributed by atoms with Gasteiger partial charge < -0.3 is 10.0 Å². The minimum Gasteiger partial charge on any atom is -0.508 e. The number of anilines is 3. The fourth-order valence-corrected chi connectivity index (χ4v) is 3.79. The second-order valence-corrected chi connectivity index (χ2v) is 8.38. The number of hydrogen-bond acceptors (Lipinski definition) is 2. The van der Waals surface area contributed by atoms with E-state index in [-0.39, 0.29) is 0 Å². The molecule has 0 heterocycles. The molecule has 0 saturated carbocycles. The fourth-order valence-electron chi connectivity index (χ4n) is 3.79. The Hall–Kier alpha value is -3.52. The van der Waals surface area contributed by atoms with E-state index in [4.69, 9.17) is 0 Å². The third kappa shape index (κ3) is 4.64. The summed E-state index contributed by atoms with van der Waals surface area (Å²) in [6, 6.07) is 29.5. The molecule has 1 N–H and O–H groups in total. The van der Waals surface area contributed by atoms with E-state index in [0.29, 0.717) is 5.75 Å². The molecule has 0 atom stereocenters. The molecule has 0 radical (unpaired) electrons. The Labute approximate surface area is 185 Å². The standard InChI is InChI=1S/C29H29NO/c1-20-5-11-27(17-22(20)3)30(28-12-6-21(2)23(4)18-28)26-13-7-24(8-14-26)19-25-9-15-29(31)16-10-25/h5-18,31H,19H2,1-4H3. The minimum atomic E-state index is 0.302. The fraction of sp³-hybridized carbons (Fsp3) is 0.172. The molecule has 0 spiro atoms. The van der Waals surface area contributed by atoms with Crippen molar-refractivity contribution < 1.29 is 5.11 Å². The second kappa shape index (κ2) is 8.69. The van der Waals surface area contributed by atoms with Gasteiger partial charge in [0.1, 0.15) is 5.75 Å². The van der Waals surface area contributed by atoms with Gasteiger partial charge in [0.25, 0.3) is 0 Å². The number of aryl methyl sites for hydroxylation is 4. The third-order valence-electron chi connectivity index (χ3n) is 6.04. The Kier molecular flexibility index (Phi) is 5.81. The Morgan fingerprint density at radius 1 is 0.516 bits per heavy atom. The molecule has 0 aliphatic rings. The summed E-state index contributed by atoms with van der Waals surface area (Å²) in [5.41, 5.74) is 11.1. The van der Waals surface area contributed by atoms with Crippen molar-refractivity contribution in [2.45, 2.75) is 34.1 Å². The first-order valence-corrected chi connectivity index (χ1v) is 10.7. The van der Waals surface area contributed by atoms with Gasteiger partial charge in [0.15, 0.2) is 0 Å². The van der Waals surface area contributed by atoms with Crippen LogP contribution in [0.5, 0.6) is 5.75 Å². The summed E-state index contributed by atoms with van der Waals surface area (Å²) in [7, 11) is 0. The van der Waals surface area contributed by atoms with Crippen LogP contribution in [0.2, 0.25) is 0 Å². The van der Waals surface area contributed by atoms with Gasteiger partial charge in [-0.2, -0.15) is 0 Å². The van der Waals surface area contributed by atoms with E-state index in [1.165, 1.54) is 33.4 Å². The molecule has 0 aromatic heterocycles. The maximum Gasteiger partial charge on any atom is 0.115 e. The first kappa shape index (κ1) is 20.7. The van der Waals surface area contributed by atoms with Crippen LogP contribution in [-0.2, 0) is 6.42 Å². The van der Waals surface area contributed by atoms with Crippen LogP contribution in [0.15, 0.2) is 84.9 Å². The zero-order chi connectivity index (χ0) is 22.0. The van der Waals surface area contributed by atoms with Crippen molar-refractivity contribution in [3.8, 4) is 5.75 Å². The van der Waals surface area contributed by atoms with Gasteiger partial charge in [-0.3, -0.25) is 0 Å². The maximum absolute atomic E-state index is 9.50. The maximum atomic E-state index is 9.50. The molecule has 2 nitrogen and oxygen atoms in total. The summed E-state index contributed by atoms with van der Waals surface area (Å²) in [6.07, 6.45) is 0.841. The van der Waals surface area contributed by atoms with Crippen LogP contribution < -0.4 is 4.90 Å². The van der Waals surface area contributed by atoms with Gasteiger partial charge in [-0.05, 0) is 116 Å². The van der Waals surface area contributed by atoms with Crippen molar-refractivity contribution in [1.29, 1.82) is 0 Å². The van der Waals surface area contributed by atoms with Crippen LogP contribution >= 0.6 is 0 Å². The van der Waals surface area contributed by atoms with Crippen LogP contribution in [0.4, 0.5) is 17.1 Å². The van der Waals surface area contributed by atoms with Gasteiger partial charge >= 0.3 is 0 Å². The van der Waals surface area contributed by atoms with Gasteiger partial charge in [0.2, 0.25) is 0 Å². The lowest BCUT2D eigenvalue weighted by atomic mass is 10.0. The highest BCUT2D eigenvalue weighted by Gasteiger charge is 2.14. The van der Waals surface area contributed by atoms with E-state index in [2.05, 4.69) is 93.3 Å². The SMILES string of the molecule is Cc1ccc(N(c2ccc(Cc3ccc(O)cc3)cc2)c2ccc(C)c(C)c2)cc1C. The molecule has 0 unspecified atom stereocenters. The summed E-state index contributed by atoms with van der Waals surface area (Å²) < 4.78 is 0. The Balaban J connectivity index is 1.71. The lowest BCUT2D eigenvalue weighted by molar-refractivity contribution is 0.475. The molecule has 0 amide bonds. The predicted molar refractivity (Wildman–Crippen MR) is 131 cm³/mol.